The fourth-order valence-electron chi connectivity index (χ4n) is 7.54. The van der Waals surface area contributed by atoms with Crippen molar-refractivity contribution >= 4 is 19.8 Å². The maximum Gasteiger partial charge on any atom is 0.472 e. The van der Waals surface area contributed by atoms with Crippen molar-refractivity contribution in [2.45, 2.75) is 238 Å². The number of allylic oxidation sites excluding steroid dienone is 18. The number of unbranched alkanes of at least 4 members (excludes halogenated alkanes) is 21. The minimum atomic E-state index is -4.40. The zero-order chi connectivity index (χ0) is 51.7. The topological polar surface area (TPSA) is 134 Å². The van der Waals surface area contributed by atoms with Crippen molar-refractivity contribution in [2.75, 3.05) is 26.4 Å². The summed E-state index contributed by atoms with van der Waals surface area (Å²) < 4.78 is 33.0. The molecule has 3 N–H and O–H groups in total. The van der Waals surface area contributed by atoms with Crippen LogP contribution in [-0.4, -0.2) is 49.3 Å². The molecule has 0 aromatic heterocycles. The summed E-state index contributed by atoms with van der Waals surface area (Å²) >= 11 is 0. The zero-order valence-electron chi connectivity index (χ0n) is 45.2. The monoisotopic (exact) mass is 1010 g/mol. The number of rotatable bonds is 52. The van der Waals surface area contributed by atoms with E-state index in [0.717, 1.165) is 109 Å². The summed E-state index contributed by atoms with van der Waals surface area (Å²) in [6.07, 6.45) is 75.6. The minimum Gasteiger partial charge on any atom is -0.462 e. The van der Waals surface area contributed by atoms with Crippen LogP contribution in [0, 0.1) is 0 Å². The molecule has 2 atom stereocenters. The molecule has 0 aliphatic rings. The minimum absolute atomic E-state index is 0.0471. The largest absolute Gasteiger partial charge is 0.472 e. The first-order valence-corrected chi connectivity index (χ1v) is 29.9. The van der Waals surface area contributed by atoms with Crippen LogP contribution in [0.25, 0.3) is 0 Å². The molecule has 71 heavy (non-hydrogen) atoms. The van der Waals surface area contributed by atoms with Crippen LogP contribution in [0.3, 0.4) is 0 Å². The molecule has 0 aromatic rings. The molecule has 0 saturated heterocycles. The molecular formula is C61H104NO8P. The molecular weight excluding hydrogens is 906 g/mol. The van der Waals surface area contributed by atoms with Crippen LogP contribution in [0.4, 0.5) is 0 Å². The molecule has 0 aliphatic carbocycles. The second kappa shape index (κ2) is 56.0. The number of phosphoric ester groups is 1. The normalized spacial score (nSPS) is 13.9. The molecule has 0 amide bonds. The van der Waals surface area contributed by atoms with E-state index in [9.17, 15) is 19.0 Å². The molecule has 0 heterocycles. The first-order chi connectivity index (χ1) is 34.8. The third-order valence-corrected chi connectivity index (χ3v) is 12.6. The van der Waals surface area contributed by atoms with E-state index in [0.29, 0.717) is 6.42 Å². The molecule has 0 aliphatic heterocycles. The third-order valence-electron chi connectivity index (χ3n) is 11.7. The third kappa shape index (κ3) is 55.8. The summed E-state index contributed by atoms with van der Waals surface area (Å²) in [5.41, 5.74) is 5.38. The Morgan fingerprint density at radius 1 is 0.423 bits per heavy atom. The van der Waals surface area contributed by atoms with Gasteiger partial charge in [0, 0.05) is 19.4 Å². The van der Waals surface area contributed by atoms with Gasteiger partial charge in [0.15, 0.2) is 6.10 Å². The number of hydrogen-bond acceptors (Lipinski definition) is 8. The maximum atomic E-state index is 12.7. The highest BCUT2D eigenvalue weighted by Crippen LogP contribution is 2.43. The van der Waals surface area contributed by atoms with Gasteiger partial charge in [0.05, 0.1) is 13.2 Å². The lowest BCUT2D eigenvalue weighted by Crippen LogP contribution is -2.29. The van der Waals surface area contributed by atoms with Crippen LogP contribution in [0.15, 0.2) is 109 Å². The van der Waals surface area contributed by atoms with Crippen molar-refractivity contribution in [1.82, 2.24) is 0 Å². The molecule has 2 unspecified atom stereocenters. The summed E-state index contributed by atoms with van der Waals surface area (Å²) in [7, 11) is -4.40. The van der Waals surface area contributed by atoms with Gasteiger partial charge in [0.25, 0.3) is 0 Å². The van der Waals surface area contributed by atoms with Gasteiger partial charge in [-0.15, -0.1) is 0 Å². The van der Waals surface area contributed by atoms with E-state index in [2.05, 4.69) is 123 Å². The van der Waals surface area contributed by atoms with Crippen LogP contribution in [0.2, 0.25) is 0 Å². The summed E-state index contributed by atoms with van der Waals surface area (Å²) in [6.45, 7) is 3.51. The van der Waals surface area contributed by atoms with E-state index in [4.69, 9.17) is 24.3 Å². The number of carbonyl (C=O) groups is 2. The van der Waals surface area contributed by atoms with Gasteiger partial charge >= 0.3 is 19.8 Å². The predicted octanol–water partition coefficient (Wildman–Crippen LogP) is 17.8. The van der Waals surface area contributed by atoms with Gasteiger partial charge in [-0.2, -0.15) is 0 Å². The fraction of sp³-hybridized carbons (Fsp3) is 0.672. The van der Waals surface area contributed by atoms with E-state index in [1.165, 1.54) is 89.9 Å². The molecule has 0 aromatic carbocycles. The highest BCUT2D eigenvalue weighted by atomic mass is 31.2. The summed E-state index contributed by atoms with van der Waals surface area (Å²) in [4.78, 5) is 35.2. The van der Waals surface area contributed by atoms with E-state index in [-0.39, 0.29) is 32.6 Å². The van der Waals surface area contributed by atoms with Crippen molar-refractivity contribution in [2.24, 2.45) is 5.73 Å². The molecule has 0 spiro atoms. The van der Waals surface area contributed by atoms with Gasteiger partial charge in [-0.3, -0.25) is 18.6 Å². The lowest BCUT2D eigenvalue weighted by Gasteiger charge is -2.19. The Morgan fingerprint density at radius 3 is 1.08 bits per heavy atom. The van der Waals surface area contributed by atoms with Crippen LogP contribution >= 0.6 is 7.82 Å². The van der Waals surface area contributed by atoms with Crippen molar-refractivity contribution in [1.29, 1.82) is 0 Å². The van der Waals surface area contributed by atoms with Crippen LogP contribution in [0.1, 0.15) is 232 Å². The Kier molecular flexibility index (Phi) is 53.3. The molecule has 10 heteroatoms. The number of phosphoric acid groups is 1. The highest BCUT2D eigenvalue weighted by molar-refractivity contribution is 7.47. The first-order valence-electron chi connectivity index (χ1n) is 28.4. The van der Waals surface area contributed by atoms with Crippen LogP contribution < -0.4 is 5.73 Å². The Hall–Kier alpha value is -3.33. The van der Waals surface area contributed by atoms with Gasteiger partial charge in [0.1, 0.15) is 6.61 Å². The van der Waals surface area contributed by atoms with Gasteiger partial charge in [-0.05, 0) is 96.3 Å². The van der Waals surface area contributed by atoms with Gasteiger partial charge in [-0.25, -0.2) is 4.57 Å². The predicted molar refractivity (Wildman–Crippen MR) is 302 cm³/mol. The fourth-order valence-corrected chi connectivity index (χ4v) is 8.30. The Balaban J connectivity index is 4.01. The Morgan fingerprint density at radius 2 is 0.732 bits per heavy atom. The molecule has 0 rings (SSSR count). The van der Waals surface area contributed by atoms with Crippen LogP contribution in [0.5, 0.6) is 0 Å². The van der Waals surface area contributed by atoms with Gasteiger partial charge in [0.2, 0.25) is 0 Å². The molecule has 406 valence electrons. The highest BCUT2D eigenvalue weighted by Gasteiger charge is 2.26. The van der Waals surface area contributed by atoms with E-state index >= 15 is 0 Å². The maximum absolute atomic E-state index is 12.7. The molecule has 0 radical (unpaired) electrons. The second-order valence-corrected chi connectivity index (χ2v) is 19.8. The lowest BCUT2D eigenvalue weighted by atomic mass is 10.0. The average molecular weight is 1010 g/mol. The standard InChI is InChI=1S/C61H104NO8P/c1-3-5-7-9-11-13-15-17-19-21-23-25-26-27-28-29-30-31-32-34-36-38-40-42-44-46-48-50-52-54-61(64)70-59(58-69-71(65,66)68-56-55-62)57-67-60(63)53-51-49-47-45-43-41-39-37-35-33-24-22-20-18-16-14-12-10-8-6-4-2/h5-8,11-14,17-20,23-25,27-28,33,59H,3-4,9-10,15-16,21-22,26,29-32,34-58,62H2,1-2H3,(H,65,66)/b7-5-,8-6-,13-11-,14-12-,19-17-,20-18-,25-23-,28-27-,33-24-. The number of ether oxygens (including phenoxy) is 2. The number of nitrogens with two attached hydrogens (primary N) is 1. The lowest BCUT2D eigenvalue weighted by molar-refractivity contribution is -0.161. The summed E-state index contributed by atoms with van der Waals surface area (Å²) in [6, 6.07) is 0. The molecule has 0 saturated carbocycles. The average Bonchev–Trinajstić information content (AvgIpc) is 3.36. The van der Waals surface area contributed by atoms with Crippen molar-refractivity contribution in [3.63, 3.8) is 0 Å². The van der Waals surface area contributed by atoms with E-state index in [1.807, 2.05) is 0 Å². The quantitative estimate of drug-likeness (QED) is 0.0264. The van der Waals surface area contributed by atoms with E-state index < -0.39 is 32.5 Å². The smallest absolute Gasteiger partial charge is 0.462 e. The SMILES string of the molecule is CC/C=C\C/C=C\C/C=C\C/C=C\C/C=C\CCCCCCCCCCCCCCCC(=O)OC(COC(=O)CCCCCCCCCC/C=C\C/C=C\C/C=C\C/C=C\CC)COP(=O)(O)OCCN. The molecule has 9 nitrogen and oxygen atoms in total. The van der Waals surface area contributed by atoms with E-state index in [1.54, 1.807) is 0 Å². The number of hydrogen-bond donors (Lipinski definition) is 2. The van der Waals surface area contributed by atoms with Crippen molar-refractivity contribution in [3.05, 3.63) is 109 Å². The number of esters is 2. The van der Waals surface area contributed by atoms with Gasteiger partial charge in [-0.1, -0.05) is 232 Å². The van der Waals surface area contributed by atoms with Crippen molar-refractivity contribution in [3.8, 4) is 0 Å². The Bertz CT molecular complexity index is 1530. The zero-order valence-corrected chi connectivity index (χ0v) is 46.1. The van der Waals surface area contributed by atoms with Crippen LogP contribution in [-0.2, 0) is 32.7 Å². The number of carbonyl (C=O) groups excluding carboxylic acids is 2. The summed E-state index contributed by atoms with van der Waals surface area (Å²) in [5.74, 6) is -0.841. The van der Waals surface area contributed by atoms with Gasteiger partial charge < -0.3 is 20.1 Å². The molecule has 0 fully saturated rings. The summed E-state index contributed by atoms with van der Waals surface area (Å²) in [5, 5.41) is 0. The second-order valence-electron chi connectivity index (χ2n) is 18.4. The first kappa shape index (κ1) is 67.7. The Labute approximate surface area is 435 Å². The van der Waals surface area contributed by atoms with Crippen molar-refractivity contribution < 1.29 is 37.6 Å². The molecule has 0 bridgehead atoms.